The molecule has 3 N–H and O–H groups in total. The molecule has 0 aliphatic rings. The van der Waals surface area contributed by atoms with Crippen LogP contribution in [-0.4, -0.2) is 26.4 Å². The minimum atomic E-state index is -5.08. The molecule has 0 fully saturated rings. The van der Waals surface area contributed by atoms with E-state index in [2.05, 4.69) is 0 Å². The van der Waals surface area contributed by atoms with Gasteiger partial charge in [-0.05, 0) is 36.6 Å². The number of aliphatic carboxylic acids is 1. The first-order valence-corrected chi connectivity index (χ1v) is 12.1. The van der Waals surface area contributed by atoms with E-state index in [0.717, 1.165) is 21.3 Å². The van der Waals surface area contributed by atoms with E-state index in [1.54, 1.807) is 25.1 Å². The molecule has 3 aromatic carbocycles. The third kappa shape index (κ3) is 6.92. The van der Waals surface area contributed by atoms with Crippen LogP contribution < -0.4 is 17.0 Å². The molecule has 0 saturated carbocycles. The summed E-state index contributed by atoms with van der Waals surface area (Å²) in [5, 5.41) is 7.12. The lowest BCUT2D eigenvalue weighted by molar-refractivity contribution is -0.192. The number of carboxylic acids is 1. The molecule has 0 spiro atoms. The van der Waals surface area contributed by atoms with Gasteiger partial charge in [0.1, 0.15) is 5.82 Å². The first kappa shape index (κ1) is 30.0. The zero-order chi connectivity index (χ0) is 29.6. The van der Waals surface area contributed by atoms with Crippen molar-refractivity contribution in [2.45, 2.75) is 39.2 Å². The van der Waals surface area contributed by atoms with Crippen molar-refractivity contribution < 1.29 is 27.5 Å². The molecule has 210 valence electrons. The van der Waals surface area contributed by atoms with Gasteiger partial charge >= 0.3 is 17.8 Å². The van der Waals surface area contributed by atoms with E-state index in [1.807, 2.05) is 61.5 Å². The maximum atomic E-state index is 14.8. The molecule has 0 saturated heterocycles. The quantitative estimate of drug-likeness (QED) is 0.331. The minimum Gasteiger partial charge on any atom is -0.475 e. The topological polar surface area (TPSA) is 107 Å². The second-order valence-electron chi connectivity index (χ2n) is 8.97. The van der Waals surface area contributed by atoms with Gasteiger partial charge in [-0.3, -0.25) is 13.9 Å². The van der Waals surface area contributed by atoms with Gasteiger partial charge < -0.3 is 10.8 Å². The average molecular weight is 558 g/mol. The molecule has 1 atom stereocenters. The van der Waals surface area contributed by atoms with Crippen LogP contribution in [0.15, 0.2) is 88.5 Å². The number of hydrogen-bond donors (Lipinski definition) is 2. The summed E-state index contributed by atoms with van der Waals surface area (Å²) < 4.78 is 49.2. The zero-order valence-electron chi connectivity index (χ0n) is 21.7. The van der Waals surface area contributed by atoms with Crippen molar-refractivity contribution >= 4 is 5.97 Å². The van der Waals surface area contributed by atoms with Crippen LogP contribution in [0.5, 0.6) is 0 Å². The number of hydrogen-bond acceptors (Lipinski definition) is 4. The number of halogens is 4. The van der Waals surface area contributed by atoms with E-state index < -0.39 is 35.3 Å². The molecule has 1 heterocycles. The van der Waals surface area contributed by atoms with Crippen LogP contribution in [-0.2, 0) is 17.9 Å². The number of aryl methyl sites for hydroxylation is 1. The Morgan fingerprint density at radius 1 is 0.900 bits per heavy atom. The Balaban J connectivity index is 0.000000559. The fraction of sp³-hybridized carbons (Fsp3) is 0.207. The molecule has 0 radical (unpaired) electrons. The lowest BCUT2D eigenvalue weighted by atomic mass is 10.0. The molecule has 7 nitrogen and oxygen atoms in total. The Morgan fingerprint density at radius 2 is 1.45 bits per heavy atom. The number of carbonyl (C=O) groups is 1. The monoisotopic (exact) mass is 557 g/mol. The summed E-state index contributed by atoms with van der Waals surface area (Å²) in [4.78, 5) is 36.0. The van der Waals surface area contributed by atoms with Crippen molar-refractivity contribution in [3.63, 3.8) is 0 Å². The van der Waals surface area contributed by atoms with E-state index in [4.69, 9.17) is 15.6 Å². The van der Waals surface area contributed by atoms with E-state index in [0.29, 0.717) is 5.69 Å². The first-order chi connectivity index (χ1) is 18.8. The summed E-state index contributed by atoms with van der Waals surface area (Å²) in [6.45, 7) is 3.90. The van der Waals surface area contributed by atoms with Crippen LogP contribution in [0.4, 0.5) is 17.6 Å². The van der Waals surface area contributed by atoms with Gasteiger partial charge in [-0.1, -0.05) is 72.8 Å². The van der Waals surface area contributed by atoms with E-state index in [9.17, 15) is 27.2 Å². The number of nitrogens with zero attached hydrogens (tertiary/aromatic N) is 2. The molecule has 11 heteroatoms. The second-order valence-corrected chi connectivity index (χ2v) is 8.97. The van der Waals surface area contributed by atoms with Crippen LogP contribution in [0.25, 0.3) is 11.1 Å². The Morgan fingerprint density at radius 3 is 2.02 bits per heavy atom. The molecule has 1 aromatic heterocycles. The predicted molar refractivity (Wildman–Crippen MR) is 142 cm³/mol. The average Bonchev–Trinajstić information content (AvgIpc) is 2.91. The van der Waals surface area contributed by atoms with E-state index in [-0.39, 0.29) is 24.2 Å². The molecule has 0 bridgehead atoms. The maximum Gasteiger partial charge on any atom is 0.490 e. The van der Waals surface area contributed by atoms with Gasteiger partial charge in [0.2, 0.25) is 0 Å². The number of benzene rings is 3. The Hall–Kier alpha value is -4.51. The summed E-state index contributed by atoms with van der Waals surface area (Å²) in [6.07, 6.45) is -5.08. The molecule has 40 heavy (non-hydrogen) atoms. The van der Waals surface area contributed by atoms with Crippen molar-refractivity contribution in [2.24, 2.45) is 5.73 Å². The Kier molecular flexibility index (Phi) is 9.43. The highest BCUT2D eigenvalue weighted by molar-refractivity contribution is 5.73. The summed E-state index contributed by atoms with van der Waals surface area (Å²) in [5.74, 6) is -3.27. The molecule has 4 rings (SSSR count). The fourth-order valence-corrected chi connectivity index (χ4v) is 4.08. The predicted octanol–water partition coefficient (Wildman–Crippen LogP) is 4.81. The Bertz CT molecular complexity index is 1610. The van der Waals surface area contributed by atoms with Gasteiger partial charge in [-0.25, -0.2) is 14.0 Å². The van der Waals surface area contributed by atoms with Crippen LogP contribution in [0.2, 0.25) is 0 Å². The third-order valence-corrected chi connectivity index (χ3v) is 6.27. The highest BCUT2D eigenvalue weighted by atomic mass is 19.4. The van der Waals surface area contributed by atoms with Gasteiger partial charge in [0.25, 0.3) is 5.56 Å². The number of nitrogens with two attached hydrogens (primary N) is 1. The standard InChI is InChI=1S/C27H26FN3O2.C2HF3O2/c1-18-10-6-7-13-21(18)16-30-19(2)25(22-14-8-9-15-23(22)28)26(32)31(27(30)33)17-24(29)20-11-4-3-5-12-20;3-2(4,5)1(6)7/h3-15,24H,16-17,29H2,1-2H3;(H,6,7)/t24-;/m0./s1. The largest absolute Gasteiger partial charge is 0.490 e. The Labute approximate surface area is 226 Å². The fourth-order valence-electron chi connectivity index (χ4n) is 4.08. The van der Waals surface area contributed by atoms with Crippen LogP contribution >= 0.6 is 0 Å². The third-order valence-electron chi connectivity index (χ3n) is 6.27. The maximum absolute atomic E-state index is 14.8. The van der Waals surface area contributed by atoms with E-state index in [1.165, 1.54) is 10.6 Å². The zero-order valence-corrected chi connectivity index (χ0v) is 21.7. The summed E-state index contributed by atoms with van der Waals surface area (Å²) in [5.41, 5.74) is 8.88. The number of carboxylic acid groups (broad SMARTS) is 1. The number of rotatable bonds is 6. The molecule has 0 unspecified atom stereocenters. The van der Waals surface area contributed by atoms with Gasteiger partial charge in [0, 0.05) is 17.3 Å². The van der Waals surface area contributed by atoms with Crippen LogP contribution in [0.1, 0.15) is 28.4 Å². The van der Waals surface area contributed by atoms with Crippen molar-refractivity contribution in [3.05, 3.63) is 128 Å². The van der Waals surface area contributed by atoms with Crippen molar-refractivity contribution in [3.8, 4) is 11.1 Å². The van der Waals surface area contributed by atoms with Crippen molar-refractivity contribution in [2.75, 3.05) is 0 Å². The normalized spacial score (nSPS) is 11.9. The minimum absolute atomic E-state index is 0.0167. The van der Waals surface area contributed by atoms with Gasteiger partial charge in [0.15, 0.2) is 0 Å². The highest BCUT2D eigenvalue weighted by Gasteiger charge is 2.38. The van der Waals surface area contributed by atoms with E-state index >= 15 is 0 Å². The molecular weight excluding hydrogens is 530 g/mol. The van der Waals surface area contributed by atoms with Gasteiger partial charge in [-0.15, -0.1) is 0 Å². The lowest BCUT2D eigenvalue weighted by Crippen LogP contribution is -2.44. The highest BCUT2D eigenvalue weighted by Crippen LogP contribution is 2.23. The van der Waals surface area contributed by atoms with Crippen molar-refractivity contribution in [1.29, 1.82) is 0 Å². The molecular formula is C29H27F4N3O4. The first-order valence-electron chi connectivity index (χ1n) is 12.1. The molecule has 0 amide bonds. The molecule has 0 aliphatic heterocycles. The van der Waals surface area contributed by atoms with Gasteiger partial charge in [0.05, 0.1) is 18.7 Å². The van der Waals surface area contributed by atoms with Crippen molar-refractivity contribution in [1.82, 2.24) is 9.13 Å². The summed E-state index contributed by atoms with van der Waals surface area (Å²) in [6, 6.07) is 22.6. The number of aromatic nitrogens is 2. The summed E-state index contributed by atoms with van der Waals surface area (Å²) in [7, 11) is 0. The van der Waals surface area contributed by atoms with Crippen LogP contribution in [0.3, 0.4) is 0 Å². The summed E-state index contributed by atoms with van der Waals surface area (Å²) >= 11 is 0. The lowest BCUT2D eigenvalue weighted by Gasteiger charge is -2.20. The second kappa shape index (κ2) is 12.6. The molecule has 4 aromatic rings. The van der Waals surface area contributed by atoms with Crippen LogP contribution in [0, 0.1) is 19.7 Å². The smallest absolute Gasteiger partial charge is 0.475 e. The molecule has 0 aliphatic carbocycles. The number of alkyl halides is 3. The van der Waals surface area contributed by atoms with Gasteiger partial charge in [-0.2, -0.15) is 13.2 Å². The SMILES string of the molecule is Cc1ccccc1Cn1c(C)c(-c2ccccc2F)c(=O)n(C[C@H](N)c2ccccc2)c1=O.O=C(O)C(F)(F)F.